The van der Waals surface area contributed by atoms with Crippen LogP contribution < -0.4 is 0 Å². The Hall–Kier alpha value is -3.24. The SMILES string of the molecule is C=CCN1C(=O)/C(=C/c2cccc([N+](=O)[O-])c2)S/C1=N/S(=O)(=O)c1ccc(C)cc1. The number of non-ortho nitro benzene ring substituents is 1. The molecule has 2 aromatic rings. The minimum atomic E-state index is -4.03. The molecule has 0 saturated carbocycles. The zero-order chi connectivity index (χ0) is 21.9. The molecule has 1 aliphatic rings. The van der Waals surface area contributed by atoms with Crippen molar-refractivity contribution < 1.29 is 18.1 Å². The number of hydrogen-bond donors (Lipinski definition) is 0. The first-order chi connectivity index (χ1) is 14.2. The van der Waals surface area contributed by atoms with E-state index in [1.807, 2.05) is 6.92 Å². The van der Waals surface area contributed by atoms with E-state index in [9.17, 15) is 23.3 Å². The minimum absolute atomic E-state index is 0.00263. The third-order valence-corrected chi connectivity index (χ3v) is 6.50. The van der Waals surface area contributed by atoms with E-state index in [-0.39, 0.29) is 27.2 Å². The van der Waals surface area contributed by atoms with Crippen LogP contribution >= 0.6 is 11.8 Å². The largest absolute Gasteiger partial charge is 0.284 e. The molecule has 0 radical (unpaired) electrons. The zero-order valence-corrected chi connectivity index (χ0v) is 17.5. The molecule has 0 unspecified atom stereocenters. The van der Waals surface area contributed by atoms with Crippen LogP contribution in [0.5, 0.6) is 0 Å². The Labute approximate surface area is 177 Å². The molecule has 3 rings (SSSR count). The maximum Gasteiger partial charge on any atom is 0.284 e. The summed E-state index contributed by atoms with van der Waals surface area (Å²) in [5.74, 6) is -0.454. The lowest BCUT2D eigenvalue weighted by Crippen LogP contribution is -2.29. The van der Waals surface area contributed by atoms with Crippen molar-refractivity contribution in [2.75, 3.05) is 6.54 Å². The molecule has 1 fully saturated rings. The molecule has 1 amide bonds. The third kappa shape index (κ3) is 4.66. The Morgan fingerprint density at radius 3 is 2.57 bits per heavy atom. The molecule has 154 valence electrons. The summed E-state index contributed by atoms with van der Waals surface area (Å²) in [6, 6.07) is 12.0. The number of benzene rings is 2. The van der Waals surface area contributed by atoms with Crippen LogP contribution in [0.4, 0.5) is 5.69 Å². The monoisotopic (exact) mass is 443 g/mol. The van der Waals surface area contributed by atoms with Crippen LogP contribution in [-0.2, 0) is 14.8 Å². The molecular formula is C20H17N3O5S2. The molecule has 1 aliphatic heterocycles. The van der Waals surface area contributed by atoms with E-state index in [0.29, 0.717) is 5.56 Å². The first kappa shape index (κ1) is 21.5. The number of aryl methyl sites for hydroxylation is 1. The highest BCUT2D eigenvalue weighted by molar-refractivity contribution is 8.19. The van der Waals surface area contributed by atoms with E-state index in [4.69, 9.17) is 0 Å². The smallest absolute Gasteiger partial charge is 0.282 e. The molecule has 1 heterocycles. The summed E-state index contributed by atoms with van der Waals surface area (Å²) < 4.78 is 29.2. The number of nitro groups is 1. The maximum absolute atomic E-state index is 12.8. The van der Waals surface area contributed by atoms with Crippen molar-refractivity contribution in [1.29, 1.82) is 0 Å². The standard InChI is InChI=1S/C20H17N3O5S2/c1-3-11-22-19(24)18(13-15-5-4-6-16(12-15)23(25)26)29-20(22)21-30(27,28)17-9-7-14(2)8-10-17/h3-10,12-13H,1,11H2,2H3/b18-13-,21-20+. The molecule has 0 N–H and O–H groups in total. The van der Waals surface area contributed by atoms with Crippen molar-refractivity contribution in [2.45, 2.75) is 11.8 Å². The van der Waals surface area contributed by atoms with Crippen LogP contribution in [0.15, 0.2) is 75.4 Å². The Kier molecular flexibility index (Phi) is 6.18. The Morgan fingerprint density at radius 2 is 1.93 bits per heavy atom. The second-order valence-electron chi connectivity index (χ2n) is 6.33. The number of amidine groups is 1. The number of hydrogen-bond acceptors (Lipinski definition) is 6. The lowest BCUT2D eigenvalue weighted by atomic mass is 10.2. The minimum Gasteiger partial charge on any atom is -0.282 e. The average Bonchev–Trinajstić information content (AvgIpc) is 2.97. The van der Waals surface area contributed by atoms with Gasteiger partial charge in [-0.1, -0.05) is 35.9 Å². The number of carbonyl (C=O) groups excluding carboxylic acids is 1. The molecule has 0 aromatic heterocycles. The first-order valence-electron chi connectivity index (χ1n) is 8.69. The lowest BCUT2D eigenvalue weighted by Gasteiger charge is -2.12. The highest BCUT2D eigenvalue weighted by Crippen LogP contribution is 2.34. The quantitative estimate of drug-likeness (QED) is 0.291. The molecule has 0 spiro atoms. The van der Waals surface area contributed by atoms with Gasteiger partial charge in [-0.3, -0.25) is 19.8 Å². The van der Waals surface area contributed by atoms with Crippen molar-refractivity contribution in [2.24, 2.45) is 4.40 Å². The summed E-state index contributed by atoms with van der Waals surface area (Å²) in [5, 5.41) is 11.0. The Bertz CT molecular complexity index is 1190. The molecule has 30 heavy (non-hydrogen) atoms. The van der Waals surface area contributed by atoms with Gasteiger partial charge in [-0.15, -0.1) is 11.0 Å². The van der Waals surface area contributed by atoms with Crippen molar-refractivity contribution in [1.82, 2.24) is 4.90 Å². The van der Waals surface area contributed by atoms with Crippen LogP contribution in [0.2, 0.25) is 0 Å². The summed E-state index contributed by atoms with van der Waals surface area (Å²) in [6.07, 6.45) is 2.93. The van der Waals surface area contributed by atoms with Crippen LogP contribution in [0.25, 0.3) is 6.08 Å². The van der Waals surface area contributed by atoms with Gasteiger partial charge in [0.1, 0.15) is 0 Å². The normalized spacial score (nSPS) is 17.0. The highest BCUT2D eigenvalue weighted by atomic mass is 32.2. The van der Waals surface area contributed by atoms with E-state index >= 15 is 0 Å². The average molecular weight is 444 g/mol. The van der Waals surface area contributed by atoms with Crippen LogP contribution in [0.1, 0.15) is 11.1 Å². The van der Waals surface area contributed by atoms with E-state index in [1.165, 1.54) is 47.4 Å². The molecule has 1 saturated heterocycles. The van der Waals surface area contributed by atoms with Crippen molar-refractivity contribution in [3.8, 4) is 0 Å². The summed E-state index contributed by atoms with van der Waals surface area (Å²) in [7, 11) is -4.03. The molecule has 0 atom stereocenters. The number of carbonyl (C=O) groups is 1. The summed E-state index contributed by atoms with van der Waals surface area (Å²) in [5.41, 5.74) is 1.24. The number of nitrogens with zero attached hydrogens (tertiary/aromatic N) is 3. The highest BCUT2D eigenvalue weighted by Gasteiger charge is 2.34. The molecule has 0 bridgehead atoms. The first-order valence-corrected chi connectivity index (χ1v) is 11.0. The Morgan fingerprint density at radius 1 is 1.23 bits per heavy atom. The van der Waals surface area contributed by atoms with Crippen molar-refractivity contribution in [3.05, 3.63) is 87.3 Å². The second kappa shape index (κ2) is 8.64. The maximum atomic E-state index is 12.8. The van der Waals surface area contributed by atoms with Gasteiger partial charge in [0.05, 0.1) is 14.7 Å². The van der Waals surface area contributed by atoms with Crippen LogP contribution in [-0.4, -0.2) is 35.9 Å². The lowest BCUT2D eigenvalue weighted by molar-refractivity contribution is -0.384. The van der Waals surface area contributed by atoms with Gasteiger partial charge in [0.15, 0.2) is 5.17 Å². The van der Waals surface area contributed by atoms with Crippen molar-refractivity contribution >= 4 is 44.6 Å². The summed E-state index contributed by atoms with van der Waals surface area (Å²) in [4.78, 5) is 24.6. The third-order valence-electron chi connectivity index (χ3n) is 4.10. The van der Waals surface area contributed by atoms with Crippen molar-refractivity contribution in [3.63, 3.8) is 0 Å². The van der Waals surface area contributed by atoms with Gasteiger partial charge >= 0.3 is 0 Å². The number of nitro benzene ring substituents is 1. The van der Waals surface area contributed by atoms with E-state index in [1.54, 1.807) is 18.2 Å². The zero-order valence-electron chi connectivity index (χ0n) is 15.9. The molecule has 0 aliphatic carbocycles. The fourth-order valence-corrected chi connectivity index (χ4v) is 4.80. The van der Waals surface area contributed by atoms with Gasteiger partial charge in [-0.05, 0) is 42.5 Å². The number of rotatable bonds is 6. The fraction of sp³-hybridized carbons (Fsp3) is 0.100. The summed E-state index contributed by atoms with van der Waals surface area (Å²) >= 11 is 0.891. The van der Waals surface area contributed by atoms with Gasteiger partial charge in [0, 0.05) is 18.7 Å². The van der Waals surface area contributed by atoms with Gasteiger partial charge in [-0.25, -0.2) is 0 Å². The van der Waals surface area contributed by atoms with E-state index in [2.05, 4.69) is 11.0 Å². The van der Waals surface area contributed by atoms with Gasteiger partial charge < -0.3 is 0 Å². The predicted octanol–water partition coefficient (Wildman–Crippen LogP) is 3.75. The summed E-state index contributed by atoms with van der Waals surface area (Å²) in [6.45, 7) is 5.50. The molecular weight excluding hydrogens is 426 g/mol. The second-order valence-corrected chi connectivity index (χ2v) is 8.94. The van der Waals surface area contributed by atoms with E-state index < -0.39 is 20.9 Å². The molecule has 2 aromatic carbocycles. The number of sulfonamides is 1. The van der Waals surface area contributed by atoms with E-state index in [0.717, 1.165) is 17.3 Å². The molecule has 8 nitrogen and oxygen atoms in total. The Balaban J connectivity index is 1.99. The fourth-order valence-electron chi connectivity index (χ4n) is 2.61. The van der Waals surface area contributed by atoms with Crippen LogP contribution in [0, 0.1) is 17.0 Å². The topological polar surface area (TPSA) is 110 Å². The number of amides is 1. The molecule has 10 heteroatoms. The van der Waals surface area contributed by atoms with Gasteiger partial charge in [0.25, 0.3) is 21.6 Å². The predicted molar refractivity (Wildman–Crippen MR) is 116 cm³/mol. The van der Waals surface area contributed by atoms with Gasteiger partial charge in [-0.2, -0.15) is 8.42 Å². The van der Waals surface area contributed by atoms with Crippen LogP contribution in [0.3, 0.4) is 0 Å². The number of thioether (sulfide) groups is 1. The van der Waals surface area contributed by atoms with Gasteiger partial charge in [0.2, 0.25) is 0 Å².